The zero-order valence-electron chi connectivity index (χ0n) is 7.27. The third-order valence-electron chi connectivity index (χ3n) is 1.56. The number of amidine groups is 1. The molecule has 0 aromatic carbocycles. The lowest BCUT2D eigenvalue weighted by molar-refractivity contribution is -0.133. The number of imide groups is 1. The van der Waals surface area contributed by atoms with Crippen LogP contribution >= 0.6 is 24.4 Å². The first-order valence-corrected chi connectivity index (χ1v) is 5.02. The minimum Gasteiger partial charge on any atom is -0.321 e. The van der Waals surface area contributed by atoms with Gasteiger partial charge in [-0.15, -0.1) is 12.6 Å². The molecule has 2 N–H and O–H groups in total. The average Bonchev–Trinajstić information content (AvgIpc) is 2.43. The van der Waals surface area contributed by atoms with Gasteiger partial charge in [0.2, 0.25) is 17.0 Å². The molecule has 5 nitrogen and oxygen atoms in total. The van der Waals surface area contributed by atoms with Crippen LogP contribution in [0.25, 0.3) is 0 Å². The number of thiol groups is 1. The number of nitrogens with zero attached hydrogens (tertiary/aromatic N) is 2. The Morgan fingerprint density at radius 2 is 2.00 bits per heavy atom. The molecule has 76 valence electrons. The van der Waals surface area contributed by atoms with Crippen molar-refractivity contribution in [2.45, 2.75) is 12.8 Å². The van der Waals surface area contributed by atoms with Crippen LogP contribution in [-0.2, 0) is 9.59 Å². The molecule has 1 rings (SSSR count). The Balaban J connectivity index is 2.84. The van der Waals surface area contributed by atoms with Gasteiger partial charge in [-0.2, -0.15) is 5.10 Å². The Kier molecular flexibility index (Phi) is 3.59. The fourth-order valence-electron chi connectivity index (χ4n) is 1.03. The second-order valence-corrected chi connectivity index (χ2v) is 4.43. The normalized spacial score (nSPS) is 17.8. The quantitative estimate of drug-likeness (QED) is 0.172. The fourth-order valence-corrected chi connectivity index (χ4v) is 1.83. The van der Waals surface area contributed by atoms with Crippen molar-refractivity contribution in [2.75, 3.05) is 0 Å². The summed E-state index contributed by atoms with van der Waals surface area (Å²) >= 11 is 4.91. The maximum absolute atomic E-state index is 11.3. The zero-order valence-corrected chi connectivity index (χ0v) is 8.98. The number of thioether (sulfide) groups is 1. The van der Waals surface area contributed by atoms with E-state index in [1.807, 2.05) is 0 Å². The Hall–Kier alpha value is -0.950. The molecular weight excluding hydrogens is 222 g/mol. The predicted molar refractivity (Wildman–Crippen MR) is 58.4 cm³/mol. The molecule has 14 heavy (non-hydrogen) atoms. The molecule has 0 saturated carbocycles. The Bertz CT molecular complexity index is 311. The third kappa shape index (κ3) is 2.30. The smallest absolute Gasteiger partial charge is 0.235 e. The highest BCUT2D eigenvalue weighted by atomic mass is 32.2. The summed E-state index contributed by atoms with van der Waals surface area (Å²) in [5.74, 6) is 4.49. The van der Waals surface area contributed by atoms with Gasteiger partial charge in [0, 0.05) is 17.1 Å². The summed E-state index contributed by atoms with van der Waals surface area (Å²) < 4.78 is 0.418. The van der Waals surface area contributed by atoms with E-state index in [9.17, 15) is 9.59 Å². The number of amides is 2. The maximum atomic E-state index is 11.3. The SMILES string of the molecule is C=C(S)S/C(=N\N)N1C(=O)CCC1=O. The number of hydrazone groups is 1. The number of nitrogens with two attached hydrogens (primary N) is 1. The van der Waals surface area contributed by atoms with E-state index in [1.54, 1.807) is 0 Å². The third-order valence-corrected chi connectivity index (χ3v) is 2.54. The van der Waals surface area contributed by atoms with E-state index in [1.165, 1.54) is 0 Å². The molecule has 1 aliphatic rings. The van der Waals surface area contributed by atoms with Gasteiger partial charge in [-0.3, -0.25) is 9.59 Å². The second kappa shape index (κ2) is 4.52. The first kappa shape index (κ1) is 11.1. The molecule has 2 amide bonds. The molecule has 1 aliphatic heterocycles. The molecule has 0 unspecified atom stereocenters. The van der Waals surface area contributed by atoms with Crippen molar-refractivity contribution >= 4 is 41.4 Å². The van der Waals surface area contributed by atoms with Gasteiger partial charge in [-0.1, -0.05) is 6.58 Å². The lowest BCUT2D eigenvalue weighted by Gasteiger charge is -2.13. The average molecular weight is 231 g/mol. The zero-order chi connectivity index (χ0) is 10.7. The van der Waals surface area contributed by atoms with Crippen LogP contribution in [0.3, 0.4) is 0 Å². The molecule has 0 radical (unpaired) electrons. The van der Waals surface area contributed by atoms with Gasteiger partial charge in [0.15, 0.2) is 0 Å². The molecule has 0 aromatic heterocycles. The highest BCUT2D eigenvalue weighted by Gasteiger charge is 2.33. The molecular formula is C7H9N3O2S2. The fraction of sp³-hybridized carbons (Fsp3) is 0.286. The predicted octanol–water partition coefficient (Wildman–Crippen LogP) is 0.499. The van der Waals surface area contributed by atoms with E-state index in [0.717, 1.165) is 16.7 Å². The minimum atomic E-state index is -0.290. The highest BCUT2D eigenvalue weighted by Crippen LogP contribution is 2.24. The summed E-state index contributed by atoms with van der Waals surface area (Å²) in [5.41, 5.74) is 0. The number of hydrogen-bond donors (Lipinski definition) is 2. The molecule has 0 aromatic rings. The number of likely N-dealkylation sites (tertiary alicyclic amines) is 1. The molecule has 0 aliphatic carbocycles. The number of rotatable bonds is 1. The second-order valence-electron chi connectivity index (χ2n) is 2.53. The van der Waals surface area contributed by atoms with Gasteiger partial charge < -0.3 is 5.84 Å². The van der Waals surface area contributed by atoms with E-state index in [-0.39, 0.29) is 29.8 Å². The van der Waals surface area contributed by atoms with E-state index in [2.05, 4.69) is 24.3 Å². The maximum Gasteiger partial charge on any atom is 0.235 e. The first-order chi connectivity index (χ1) is 6.56. The highest BCUT2D eigenvalue weighted by molar-refractivity contribution is 8.25. The summed E-state index contributed by atoms with van der Waals surface area (Å²) in [7, 11) is 0. The number of carbonyl (C=O) groups excluding carboxylic acids is 2. The van der Waals surface area contributed by atoms with Crippen molar-refractivity contribution in [3.63, 3.8) is 0 Å². The van der Waals surface area contributed by atoms with Crippen LogP contribution in [0, 0.1) is 0 Å². The van der Waals surface area contributed by atoms with Crippen LogP contribution < -0.4 is 5.84 Å². The minimum absolute atomic E-state index is 0.123. The standard InChI is InChI=1S/C7H9N3O2S2/c1-4(13)14-7(9-8)10-5(11)2-3-6(10)12/h13H,1-3,8H2/b9-7-. The van der Waals surface area contributed by atoms with Gasteiger partial charge in [-0.25, -0.2) is 4.90 Å². The number of carbonyl (C=O) groups is 2. The van der Waals surface area contributed by atoms with Gasteiger partial charge in [0.05, 0.1) is 0 Å². The van der Waals surface area contributed by atoms with Gasteiger partial charge in [0.25, 0.3) is 0 Å². The van der Waals surface area contributed by atoms with Crippen molar-refractivity contribution in [1.29, 1.82) is 0 Å². The Labute approximate surface area is 90.8 Å². The van der Waals surface area contributed by atoms with E-state index in [0.29, 0.717) is 4.24 Å². The van der Waals surface area contributed by atoms with E-state index in [4.69, 9.17) is 5.84 Å². The number of hydrogen-bond acceptors (Lipinski definition) is 6. The molecule has 0 bridgehead atoms. The van der Waals surface area contributed by atoms with Crippen LogP contribution in [0.2, 0.25) is 0 Å². The summed E-state index contributed by atoms with van der Waals surface area (Å²) in [6.45, 7) is 3.51. The lowest BCUT2D eigenvalue weighted by Crippen LogP contribution is -2.34. The van der Waals surface area contributed by atoms with Crippen molar-refractivity contribution < 1.29 is 9.59 Å². The van der Waals surface area contributed by atoms with Crippen molar-refractivity contribution in [1.82, 2.24) is 4.90 Å². The molecule has 1 saturated heterocycles. The molecule has 1 heterocycles. The molecule has 1 fully saturated rings. The monoisotopic (exact) mass is 231 g/mol. The largest absolute Gasteiger partial charge is 0.321 e. The van der Waals surface area contributed by atoms with Crippen LogP contribution in [0.4, 0.5) is 0 Å². The molecule has 0 spiro atoms. The summed E-state index contributed by atoms with van der Waals surface area (Å²) in [6, 6.07) is 0. The van der Waals surface area contributed by atoms with Crippen molar-refractivity contribution in [3.8, 4) is 0 Å². The van der Waals surface area contributed by atoms with E-state index >= 15 is 0 Å². The Morgan fingerprint density at radius 1 is 1.50 bits per heavy atom. The van der Waals surface area contributed by atoms with Gasteiger partial charge >= 0.3 is 0 Å². The van der Waals surface area contributed by atoms with Crippen molar-refractivity contribution in [2.24, 2.45) is 10.9 Å². The Morgan fingerprint density at radius 3 is 2.36 bits per heavy atom. The summed E-state index contributed by atoms with van der Waals surface area (Å²) in [6.07, 6.45) is 0.412. The van der Waals surface area contributed by atoms with Crippen LogP contribution in [0.1, 0.15) is 12.8 Å². The van der Waals surface area contributed by atoms with Crippen molar-refractivity contribution in [3.05, 3.63) is 10.8 Å². The molecule has 0 atom stereocenters. The lowest BCUT2D eigenvalue weighted by atomic mass is 10.4. The van der Waals surface area contributed by atoms with Gasteiger partial charge in [-0.05, 0) is 11.8 Å². The van der Waals surface area contributed by atoms with Gasteiger partial charge in [0.1, 0.15) is 0 Å². The first-order valence-electron chi connectivity index (χ1n) is 3.75. The molecule has 7 heteroatoms. The van der Waals surface area contributed by atoms with Crippen LogP contribution in [0.15, 0.2) is 15.9 Å². The van der Waals surface area contributed by atoms with Crippen LogP contribution in [-0.4, -0.2) is 21.9 Å². The topological polar surface area (TPSA) is 75.8 Å². The summed E-state index contributed by atoms with van der Waals surface area (Å²) in [5, 5.41) is 3.49. The summed E-state index contributed by atoms with van der Waals surface area (Å²) in [4.78, 5) is 23.5. The van der Waals surface area contributed by atoms with E-state index < -0.39 is 0 Å². The van der Waals surface area contributed by atoms with Crippen LogP contribution in [0.5, 0.6) is 0 Å².